The van der Waals surface area contributed by atoms with Crippen LogP contribution in [0.1, 0.15) is 226 Å². The molecule has 10 heteroatoms. The van der Waals surface area contributed by atoms with Crippen molar-refractivity contribution < 1.29 is 44.9 Å². The van der Waals surface area contributed by atoms with E-state index >= 15 is 0 Å². The zero-order valence-corrected chi connectivity index (χ0v) is 39.7. The number of ether oxygens (including phenoxy) is 2. The number of unbranched alkanes of at least 4 members (excludes halogenated alkanes) is 28. The summed E-state index contributed by atoms with van der Waals surface area (Å²) in [7, 11) is 0. The van der Waals surface area contributed by atoms with Gasteiger partial charge in [-0.3, -0.25) is 4.79 Å². The first kappa shape index (κ1) is 58.4. The number of amides is 1. The minimum atomic E-state index is -1.62. The van der Waals surface area contributed by atoms with Crippen molar-refractivity contribution in [2.24, 2.45) is 0 Å². The van der Waals surface area contributed by atoms with Gasteiger partial charge in [0.2, 0.25) is 5.91 Å². The smallest absolute Gasteiger partial charge is 0.249 e. The third kappa shape index (κ3) is 31.3. The van der Waals surface area contributed by atoms with E-state index in [0.29, 0.717) is 19.3 Å². The second kappa shape index (κ2) is 42.0. The van der Waals surface area contributed by atoms with Crippen molar-refractivity contribution in [1.82, 2.24) is 5.32 Å². The highest BCUT2D eigenvalue weighted by Gasteiger charge is 2.44. The molecule has 0 saturated carbocycles. The van der Waals surface area contributed by atoms with E-state index in [1.54, 1.807) is 6.08 Å². The van der Waals surface area contributed by atoms with E-state index in [-0.39, 0.29) is 6.61 Å². The lowest BCUT2D eigenvalue weighted by Gasteiger charge is -2.40. The van der Waals surface area contributed by atoms with E-state index in [9.17, 15) is 35.4 Å². The number of carbonyl (C=O) groups is 1. The molecule has 1 rings (SSSR count). The van der Waals surface area contributed by atoms with E-state index in [1.807, 2.05) is 6.08 Å². The van der Waals surface area contributed by atoms with Gasteiger partial charge in [-0.25, -0.2) is 0 Å². The highest BCUT2D eigenvalue weighted by Crippen LogP contribution is 2.23. The van der Waals surface area contributed by atoms with Crippen molar-refractivity contribution in [2.75, 3.05) is 13.2 Å². The Morgan fingerprint density at radius 2 is 0.952 bits per heavy atom. The molecule has 8 unspecified atom stereocenters. The number of rotatable bonds is 43. The summed E-state index contributed by atoms with van der Waals surface area (Å²) in [5, 5.41) is 64.8. The molecule has 1 amide bonds. The Morgan fingerprint density at radius 1 is 0.548 bits per heavy atom. The van der Waals surface area contributed by atoms with Gasteiger partial charge in [0.15, 0.2) is 6.29 Å². The topological polar surface area (TPSA) is 169 Å². The van der Waals surface area contributed by atoms with Crippen molar-refractivity contribution in [2.45, 2.75) is 275 Å². The molecule has 0 aliphatic carbocycles. The number of allylic oxidation sites excluding steroid dienone is 5. The van der Waals surface area contributed by atoms with Crippen LogP contribution in [-0.2, 0) is 14.3 Å². The van der Waals surface area contributed by atoms with Gasteiger partial charge in [0, 0.05) is 0 Å². The molecular weight excluding hydrogens is 783 g/mol. The van der Waals surface area contributed by atoms with Crippen LogP contribution in [0.5, 0.6) is 0 Å². The summed E-state index contributed by atoms with van der Waals surface area (Å²) >= 11 is 0. The Labute approximate surface area is 379 Å². The van der Waals surface area contributed by atoms with Crippen LogP contribution in [0.2, 0.25) is 0 Å². The number of carbonyl (C=O) groups excluding carboxylic acids is 1. The van der Waals surface area contributed by atoms with Crippen molar-refractivity contribution in [3.63, 3.8) is 0 Å². The maximum Gasteiger partial charge on any atom is 0.249 e. The van der Waals surface area contributed by atoms with E-state index in [1.165, 1.54) is 154 Å². The summed E-state index contributed by atoms with van der Waals surface area (Å²) in [5.41, 5.74) is 0. The number of aliphatic hydroxyl groups is 6. The van der Waals surface area contributed by atoms with Gasteiger partial charge < -0.3 is 45.4 Å². The molecule has 0 aromatic heterocycles. The second-order valence-electron chi connectivity index (χ2n) is 18.1. The normalized spacial score (nSPS) is 21.1. The average Bonchev–Trinajstić information content (AvgIpc) is 3.27. The van der Waals surface area contributed by atoms with Crippen LogP contribution in [-0.4, -0.2) is 98.7 Å². The minimum Gasteiger partial charge on any atom is -0.394 e. The number of aliphatic hydroxyl groups excluding tert-OH is 6. The van der Waals surface area contributed by atoms with E-state index in [0.717, 1.165) is 38.5 Å². The van der Waals surface area contributed by atoms with Crippen LogP contribution < -0.4 is 5.32 Å². The van der Waals surface area contributed by atoms with Gasteiger partial charge in [-0.2, -0.15) is 0 Å². The zero-order chi connectivity index (χ0) is 45.3. The fraction of sp³-hybridized carbons (Fsp3) is 0.865. The fourth-order valence-electron chi connectivity index (χ4n) is 8.06. The SMILES string of the molecule is CCCCCCCCCCCC/C=C\CCCCCCCCC(O)C(=O)NC(COC1OC(CO)C(O)C(O)C1O)C(O)/C=C/CC/C=C/CCCCCCCCCCCCC. The summed E-state index contributed by atoms with van der Waals surface area (Å²) in [6.07, 6.45) is 42.3. The molecule has 0 bridgehead atoms. The summed E-state index contributed by atoms with van der Waals surface area (Å²) in [6.45, 7) is 3.60. The molecule has 10 nitrogen and oxygen atoms in total. The number of nitrogens with one attached hydrogen (secondary N) is 1. The maximum atomic E-state index is 13.1. The van der Waals surface area contributed by atoms with E-state index < -0.39 is 61.5 Å². The minimum absolute atomic E-state index is 0.297. The molecule has 1 saturated heterocycles. The van der Waals surface area contributed by atoms with Gasteiger partial charge in [0.1, 0.15) is 30.5 Å². The van der Waals surface area contributed by atoms with Crippen molar-refractivity contribution in [3.8, 4) is 0 Å². The lowest BCUT2D eigenvalue weighted by molar-refractivity contribution is -0.302. The molecular formula is C52H97NO9. The predicted octanol–water partition coefficient (Wildman–Crippen LogP) is 10.6. The molecule has 8 atom stereocenters. The largest absolute Gasteiger partial charge is 0.394 e. The predicted molar refractivity (Wildman–Crippen MR) is 255 cm³/mol. The second-order valence-corrected chi connectivity index (χ2v) is 18.1. The van der Waals surface area contributed by atoms with Gasteiger partial charge in [0.25, 0.3) is 0 Å². The Hall–Kier alpha value is -1.63. The molecule has 1 aliphatic heterocycles. The fourth-order valence-corrected chi connectivity index (χ4v) is 8.06. The van der Waals surface area contributed by atoms with Gasteiger partial charge >= 0.3 is 0 Å². The summed E-state index contributed by atoms with van der Waals surface area (Å²) in [6, 6.07) is -0.999. The molecule has 0 aromatic rings. The highest BCUT2D eigenvalue weighted by atomic mass is 16.7. The first-order valence-electron chi connectivity index (χ1n) is 25.8. The maximum absolute atomic E-state index is 13.1. The quantitative estimate of drug-likeness (QED) is 0.0233. The molecule has 0 aromatic carbocycles. The van der Waals surface area contributed by atoms with Crippen LogP contribution in [0.15, 0.2) is 36.5 Å². The average molecular weight is 880 g/mol. The van der Waals surface area contributed by atoms with Crippen molar-refractivity contribution in [1.29, 1.82) is 0 Å². The molecule has 1 fully saturated rings. The monoisotopic (exact) mass is 880 g/mol. The van der Waals surface area contributed by atoms with Crippen molar-refractivity contribution in [3.05, 3.63) is 36.5 Å². The number of hydrogen-bond acceptors (Lipinski definition) is 9. The van der Waals surface area contributed by atoms with Gasteiger partial charge in [-0.05, 0) is 57.8 Å². The summed E-state index contributed by atoms with van der Waals surface area (Å²) in [4.78, 5) is 13.1. The molecule has 0 radical (unpaired) electrons. The third-order valence-corrected chi connectivity index (χ3v) is 12.3. The highest BCUT2D eigenvalue weighted by molar-refractivity contribution is 5.80. The van der Waals surface area contributed by atoms with Gasteiger partial charge in [0.05, 0.1) is 25.4 Å². The van der Waals surface area contributed by atoms with Crippen LogP contribution >= 0.6 is 0 Å². The van der Waals surface area contributed by atoms with Gasteiger partial charge in [-0.15, -0.1) is 0 Å². The Bertz CT molecular complexity index is 1080. The number of hydrogen-bond donors (Lipinski definition) is 7. The third-order valence-electron chi connectivity index (χ3n) is 12.3. The molecule has 364 valence electrons. The zero-order valence-electron chi connectivity index (χ0n) is 39.7. The van der Waals surface area contributed by atoms with Crippen molar-refractivity contribution >= 4 is 5.91 Å². The first-order chi connectivity index (χ1) is 30.3. The lowest BCUT2D eigenvalue weighted by Crippen LogP contribution is -2.60. The van der Waals surface area contributed by atoms with Crippen LogP contribution in [0.4, 0.5) is 0 Å². The van der Waals surface area contributed by atoms with Crippen LogP contribution in [0.3, 0.4) is 0 Å². The Balaban J connectivity index is 2.38. The van der Waals surface area contributed by atoms with E-state index in [4.69, 9.17) is 9.47 Å². The van der Waals surface area contributed by atoms with Crippen LogP contribution in [0.25, 0.3) is 0 Å². The molecule has 7 N–H and O–H groups in total. The van der Waals surface area contributed by atoms with Crippen LogP contribution in [0, 0.1) is 0 Å². The molecule has 0 spiro atoms. The Morgan fingerprint density at radius 3 is 1.40 bits per heavy atom. The van der Waals surface area contributed by atoms with E-state index in [2.05, 4.69) is 43.5 Å². The summed E-state index contributed by atoms with van der Waals surface area (Å²) < 4.78 is 11.1. The first-order valence-corrected chi connectivity index (χ1v) is 25.8. The summed E-state index contributed by atoms with van der Waals surface area (Å²) in [5.74, 6) is -0.630. The molecule has 62 heavy (non-hydrogen) atoms. The lowest BCUT2D eigenvalue weighted by atomic mass is 9.99. The van der Waals surface area contributed by atoms with Gasteiger partial charge in [-0.1, -0.05) is 204 Å². The standard InChI is InChI=1S/C52H97NO9/c1-3-5-7-9-11-13-15-17-19-21-22-23-25-27-29-31-33-35-37-39-41-46(56)51(60)53-44(43-61-52-50(59)49(58)48(57)47(42-54)62-52)45(55)40-38-36-34-32-30-28-26-24-20-18-16-14-12-10-8-6-4-2/h23,25,30,32,38,40,44-50,52,54-59H,3-22,24,26-29,31,33-37,39,41-43H2,1-2H3,(H,53,60)/b25-23-,32-30+,40-38+. The molecule has 1 aliphatic rings. The molecule has 1 heterocycles. The Kier molecular flexibility index (Phi) is 39.6.